The molecule has 0 bridgehead atoms. The largest absolute Gasteiger partial charge is 0.478 e. The Morgan fingerprint density at radius 2 is 2.12 bits per heavy atom. The molecule has 5 nitrogen and oxygen atoms in total. The Morgan fingerprint density at radius 1 is 1.47 bits per heavy atom. The third-order valence-corrected chi connectivity index (χ3v) is 2.89. The zero-order valence-corrected chi connectivity index (χ0v) is 9.51. The highest BCUT2D eigenvalue weighted by atomic mass is 16.4. The van der Waals surface area contributed by atoms with Gasteiger partial charge < -0.3 is 10.4 Å². The summed E-state index contributed by atoms with van der Waals surface area (Å²) in [6.07, 6.45) is 0.884. The molecular weight excluding hydrogens is 220 g/mol. The maximum Gasteiger partial charge on any atom is 0.335 e. The highest BCUT2D eigenvalue weighted by Gasteiger charge is 2.28. The molecule has 0 spiro atoms. The van der Waals surface area contributed by atoms with Crippen LogP contribution in [0.15, 0.2) is 24.3 Å². The van der Waals surface area contributed by atoms with Crippen LogP contribution in [0.4, 0.5) is 10.5 Å². The second kappa shape index (κ2) is 4.45. The molecule has 5 heteroatoms. The van der Waals surface area contributed by atoms with E-state index in [1.54, 1.807) is 17.0 Å². The van der Waals surface area contributed by atoms with Crippen molar-refractivity contribution in [2.75, 3.05) is 11.4 Å². The van der Waals surface area contributed by atoms with E-state index >= 15 is 0 Å². The first-order chi connectivity index (χ1) is 8.11. The number of urea groups is 1. The molecule has 0 saturated carbocycles. The Morgan fingerprint density at radius 3 is 2.59 bits per heavy atom. The maximum absolute atomic E-state index is 11.7. The number of carboxylic acid groups (broad SMARTS) is 1. The van der Waals surface area contributed by atoms with Crippen molar-refractivity contribution in [3.05, 3.63) is 29.8 Å². The molecule has 1 heterocycles. The number of benzene rings is 1. The number of nitrogens with one attached hydrogen (secondary N) is 1. The number of aromatic carboxylic acids is 1. The van der Waals surface area contributed by atoms with E-state index in [1.165, 1.54) is 12.1 Å². The minimum atomic E-state index is -0.964. The molecule has 90 valence electrons. The van der Waals surface area contributed by atoms with Gasteiger partial charge in [-0.3, -0.25) is 4.90 Å². The van der Waals surface area contributed by atoms with Gasteiger partial charge in [0.05, 0.1) is 5.56 Å². The van der Waals surface area contributed by atoms with Gasteiger partial charge in [0.15, 0.2) is 0 Å². The fraction of sp³-hybridized carbons (Fsp3) is 0.333. The molecule has 2 N–H and O–H groups in total. The van der Waals surface area contributed by atoms with Gasteiger partial charge in [-0.1, -0.05) is 6.92 Å². The molecule has 0 aromatic heterocycles. The Bertz CT molecular complexity index is 442. The number of anilines is 1. The predicted octanol–water partition coefficient (Wildman–Crippen LogP) is 1.69. The van der Waals surface area contributed by atoms with Gasteiger partial charge >= 0.3 is 12.0 Å². The summed E-state index contributed by atoms with van der Waals surface area (Å²) in [5, 5.41) is 11.6. The number of hydrogen-bond acceptors (Lipinski definition) is 2. The van der Waals surface area contributed by atoms with Gasteiger partial charge in [-0.2, -0.15) is 0 Å². The van der Waals surface area contributed by atoms with Crippen LogP contribution in [0.2, 0.25) is 0 Å². The van der Waals surface area contributed by atoms with Crippen LogP contribution < -0.4 is 10.2 Å². The van der Waals surface area contributed by atoms with E-state index in [2.05, 4.69) is 5.32 Å². The number of nitrogens with zero attached hydrogens (tertiary/aromatic N) is 1. The second-order valence-electron chi connectivity index (χ2n) is 4.02. The number of hydrogen-bond donors (Lipinski definition) is 2. The minimum Gasteiger partial charge on any atom is -0.478 e. The first-order valence-corrected chi connectivity index (χ1v) is 5.53. The minimum absolute atomic E-state index is 0.125. The molecule has 1 fully saturated rings. The van der Waals surface area contributed by atoms with E-state index in [9.17, 15) is 9.59 Å². The van der Waals surface area contributed by atoms with E-state index < -0.39 is 5.97 Å². The third-order valence-electron chi connectivity index (χ3n) is 2.89. The van der Waals surface area contributed by atoms with Crippen LogP contribution in [-0.2, 0) is 0 Å². The molecule has 1 saturated heterocycles. The third kappa shape index (κ3) is 2.22. The highest BCUT2D eigenvalue weighted by molar-refractivity contribution is 5.95. The summed E-state index contributed by atoms with van der Waals surface area (Å²) in [5.41, 5.74) is 0.948. The lowest BCUT2D eigenvalue weighted by atomic mass is 10.2. The van der Waals surface area contributed by atoms with Crippen molar-refractivity contribution in [2.45, 2.75) is 19.4 Å². The van der Waals surface area contributed by atoms with Gasteiger partial charge in [0.25, 0.3) is 0 Å². The average Bonchev–Trinajstić information content (AvgIpc) is 2.71. The molecule has 2 rings (SSSR count). The Kier molecular flexibility index (Phi) is 2.99. The number of carboxylic acids is 1. The van der Waals surface area contributed by atoms with Gasteiger partial charge in [0.1, 0.15) is 0 Å². The lowest BCUT2D eigenvalue weighted by Crippen LogP contribution is -2.28. The fourth-order valence-corrected chi connectivity index (χ4v) is 1.84. The Labute approximate surface area is 99.0 Å². The predicted molar refractivity (Wildman–Crippen MR) is 63.4 cm³/mol. The van der Waals surface area contributed by atoms with Crippen molar-refractivity contribution in [2.24, 2.45) is 0 Å². The van der Waals surface area contributed by atoms with Crippen LogP contribution in [-0.4, -0.2) is 29.7 Å². The number of carbonyl (C=O) groups excluding carboxylic acids is 1. The van der Waals surface area contributed by atoms with Crippen LogP contribution in [0.25, 0.3) is 0 Å². The van der Waals surface area contributed by atoms with E-state index in [1.807, 2.05) is 6.92 Å². The summed E-state index contributed by atoms with van der Waals surface area (Å²) in [5.74, 6) is -0.964. The van der Waals surface area contributed by atoms with Gasteiger partial charge in [-0.25, -0.2) is 9.59 Å². The average molecular weight is 234 g/mol. The lowest BCUT2D eigenvalue weighted by molar-refractivity contribution is 0.0697. The molecule has 1 aromatic rings. The summed E-state index contributed by atoms with van der Waals surface area (Å²) in [6, 6.07) is 6.36. The summed E-state index contributed by atoms with van der Waals surface area (Å²) < 4.78 is 0. The quantitative estimate of drug-likeness (QED) is 0.836. The SMILES string of the molecule is CCC1CN(c2ccc(C(=O)O)cc2)C(=O)N1. The molecule has 1 aliphatic heterocycles. The van der Waals surface area contributed by atoms with E-state index in [-0.39, 0.29) is 17.6 Å². The zero-order valence-electron chi connectivity index (χ0n) is 9.51. The summed E-state index contributed by atoms with van der Waals surface area (Å²) in [7, 11) is 0. The van der Waals surface area contributed by atoms with Gasteiger partial charge in [-0.15, -0.1) is 0 Å². The number of carbonyl (C=O) groups is 2. The van der Waals surface area contributed by atoms with Crippen LogP contribution in [0.1, 0.15) is 23.7 Å². The Hall–Kier alpha value is -2.04. The number of amides is 2. The van der Waals surface area contributed by atoms with E-state index in [0.29, 0.717) is 6.54 Å². The first kappa shape index (κ1) is 11.4. The zero-order chi connectivity index (χ0) is 12.4. The summed E-state index contributed by atoms with van der Waals surface area (Å²) in [6.45, 7) is 2.64. The second-order valence-corrected chi connectivity index (χ2v) is 4.02. The van der Waals surface area contributed by atoms with Crippen molar-refractivity contribution in [1.82, 2.24) is 5.32 Å². The molecule has 17 heavy (non-hydrogen) atoms. The van der Waals surface area contributed by atoms with Crippen LogP contribution in [0.5, 0.6) is 0 Å². The van der Waals surface area contributed by atoms with Crippen molar-refractivity contribution in [3.63, 3.8) is 0 Å². The summed E-state index contributed by atoms with van der Waals surface area (Å²) >= 11 is 0. The molecule has 0 radical (unpaired) electrons. The highest BCUT2D eigenvalue weighted by Crippen LogP contribution is 2.19. The van der Waals surface area contributed by atoms with Crippen molar-refractivity contribution in [1.29, 1.82) is 0 Å². The molecule has 1 aromatic carbocycles. The monoisotopic (exact) mass is 234 g/mol. The first-order valence-electron chi connectivity index (χ1n) is 5.53. The van der Waals surface area contributed by atoms with Crippen molar-refractivity contribution in [3.8, 4) is 0 Å². The molecule has 1 aliphatic rings. The number of rotatable bonds is 3. The van der Waals surface area contributed by atoms with E-state index in [0.717, 1.165) is 12.1 Å². The summed E-state index contributed by atoms with van der Waals surface area (Å²) in [4.78, 5) is 24.0. The Balaban J connectivity index is 2.18. The normalized spacial score (nSPS) is 19.2. The van der Waals surface area contributed by atoms with Crippen molar-refractivity contribution >= 4 is 17.7 Å². The van der Waals surface area contributed by atoms with Crippen LogP contribution in [0, 0.1) is 0 Å². The van der Waals surface area contributed by atoms with Crippen LogP contribution >= 0.6 is 0 Å². The van der Waals surface area contributed by atoms with Crippen molar-refractivity contribution < 1.29 is 14.7 Å². The molecule has 1 unspecified atom stereocenters. The molecule has 2 amide bonds. The lowest BCUT2D eigenvalue weighted by Gasteiger charge is -2.14. The van der Waals surface area contributed by atoms with Gasteiger partial charge in [-0.05, 0) is 30.7 Å². The standard InChI is InChI=1S/C12H14N2O3/c1-2-9-7-14(12(17)13-9)10-5-3-8(4-6-10)11(15)16/h3-6,9H,2,7H2,1H3,(H,13,17)(H,15,16). The van der Waals surface area contributed by atoms with Crippen LogP contribution in [0.3, 0.4) is 0 Å². The maximum atomic E-state index is 11.7. The smallest absolute Gasteiger partial charge is 0.335 e. The molecular formula is C12H14N2O3. The molecule has 0 aliphatic carbocycles. The fourth-order valence-electron chi connectivity index (χ4n) is 1.84. The van der Waals surface area contributed by atoms with Gasteiger partial charge in [0, 0.05) is 18.3 Å². The van der Waals surface area contributed by atoms with E-state index in [4.69, 9.17) is 5.11 Å². The topological polar surface area (TPSA) is 69.6 Å². The van der Waals surface area contributed by atoms with Gasteiger partial charge in [0.2, 0.25) is 0 Å². The molecule has 1 atom stereocenters.